The monoisotopic (exact) mass is 445 g/mol. The second-order valence-electron chi connectivity index (χ2n) is 8.86. The number of carbonyl (C=O) groups is 1. The van der Waals surface area contributed by atoms with E-state index in [1.807, 2.05) is 4.57 Å². The zero-order valence-corrected chi connectivity index (χ0v) is 19.0. The van der Waals surface area contributed by atoms with Gasteiger partial charge in [-0.05, 0) is 81.8 Å². The summed E-state index contributed by atoms with van der Waals surface area (Å²) in [4.78, 5) is 14.9. The number of benzene rings is 1. The molecule has 2 heterocycles. The quantitative estimate of drug-likeness (QED) is 0.648. The molecule has 4 rings (SSSR count). The largest absolute Gasteiger partial charge is 0.353 e. The number of likely N-dealkylation sites (tertiary alicyclic amines) is 1. The Morgan fingerprint density at radius 1 is 1.10 bits per heavy atom. The fourth-order valence-corrected chi connectivity index (χ4v) is 5.25. The van der Waals surface area contributed by atoms with Gasteiger partial charge in [-0.1, -0.05) is 25.1 Å². The number of hydrogen-bond acceptors (Lipinski definition) is 5. The van der Waals surface area contributed by atoms with Crippen LogP contribution < -0.4 is 5.32 Å². The Hall–Kier alpha value is -1.93. The smallest absolute Gasteiger partial charge is 0.230 e. The molecule has 2 aromatic rings. The van der Waals surface area contributed by atoms with Gasteiger partial charge >= 0.3 is 0 Å². The highest BCUT2D eigenvalue weighted by molar-refractivity contribution is 7.99. The van der Waals surface area contributed by atoms with Gasteiger partial charge in [-0.3, -0.25) is 14.3 Å². The number of nitrogens with zero attached hydrogens (tertiary/aromatic N) is 4. The predicted octanol–water partition coefficient (Wildman–Crippen LogP) is 4.18. The third kappa shape index (κ3) is 6.07. The molecule has 1 N–H and O–H groups in total. The number of nitrogens with one attached hydrogen (secondary N) is 1. The minimum Gasteiger partial charge on any atom is -0.353 e. The molecule has 0 radical (unpaired) electrons. The minimum atomic E-state index is -0.273. The van der Waals surface area contributed by atoms with Crippen molar-refractivity contribution >= 4 is 17.7 Å². The van der Waals surface area contributed by atoms with E-state index >= 15 is 0 Å². The highest BCUT2D eigenvalue weighted by Crippen LogP contribution is 2.25. The molecule has 8 heteroatoms. The molecule has 1 amide bonds. The Morgan fingerprint density at radius 3 is 2.52 bits per heavy atom. The van der Waals surface area contributed by atoms with Crippen LogP contribution in [0.25, 0.3) is 5.69 Å². The molecule has 0 bridgehead atoms. The van der Waals surface area contributed by atoms with E-state index in [0.717, 1.165) is 43.4 Å². The predicted molar refractivity (Wildman–Crippen MR) is 121 cm³/mol. The van der Waals surface area contributed by atoms with Gasteiger partial charge in [0.05, 0.1) is 12.3 Å². The number of thioether (sulfide) groups is 1. The molecule has 1 aliphatic heterocycles. The molecule has 1 aromatic carbocycles. The molecule has 2 aliphatic rings. The Balaban J connectivity index is 1.44. The van der Waals surface area contributed by atoms with E-state index in [-0.39, 0.29) is 17.8 Å². The van der Waals surface area contributed by atoms with E-state index in [4.69, 9.17) is 0 Å². The van der Waals surface area contributed by atoms with E-state index < -0.39 is 0 Å². The molecule has 31 heavy (non-hydrogen) atoms. The van der Waals surface area contributed by atoms with Crippen LogP contribution in [-0.4, -0.2) is 50.5 Å². The number of carbonyl (C=O) groups excluding carboxylic acids is 1. The van der Waals surface area contributed by atoms with Crippen molar-refractivity contribution in [2.45, 2.75) is 69.6 Å². The maximum absolute atomic E-state index is 13.5. The van der Waals surface area contributed by atoms with Crippen molar-refractivity contribution in [2.24, 2.45) is 5.92 Å². The molecular weight excluding hydrogens is 413 g/mol. The van der Waals surface area contributed by atoms with Crippen LogP contribution in [0.2, 0.25) is 0 Å². The first kappa shape index (κ1) is 22.3. The molecule has 1 aliphatic carbocycles. The van der Waals surface area contributed by atoms with Crippen LogP contribution in [0.5, 0.6) is 0 Å². The van der Waals surface area contributed by atoms with Gasteiger partial charge in [-0.15, -0.1) is 10.2 Å². The lowest BCUT2D eigenvalue weighted by Crippen LogP contribution is -2.38. The second-order valence-corrected chi connectivity index (χ2v) is 9.80. The molecular formula is C23H32FN5OS. The van der Waals surface area contributed by atoms with Gasteiger partial charge in [0.1, 0.15) is 5.82 Å². The van der Waals surface area contributed by atoms with Gasteiger partial charge in [0.15, 0.2) is 11.0 Å². The van der Waals surface area contributed by atoms with Crippen molar-refractivity contribution in [3.05, 3.63) is 35.9 Å². The second kappa shape index (κ2) is 10.6. The zero-order valence-electron chi connectivity index (χ0n) is 18.2. The van der Waals surface area contributed by atoms with Crippen LogP contribution in [0.1, 0.15) is 57.7 Å². The van der Waals surface area contributed by atoms with Gasteiger partial charge in [0, 0.05) is 11.7 Å². The summed E-state index contributed by atoms with van der Waals surface area (Å²) in [7, 11) is 0. The van der Waals surface area contributed by atoms with E-state index in [1.165, 1.54) is 56.0 Å². The number of piperidine rings is 1. The average Bonchev–Trinajstić information content (AvgIpc) is 3.17. The van der Waals surface area contributed by atoms with Crippen molar-refractivity contribution < 1.29 is 9.18 Å². The molecule has 1 aromatic heterocycles. The Labute approximate surface area is 188 Å². The maximum atomic E-state index is 13.5. The highest BCUT2D eigenvalue weighted by Gasteiger charge is 2.22. The van der Waals surface area contributed by atoms with Crippen molar-refractivity contribution in [1.29, 1.82) is 0 Å². The summed E-state index contributed by atoms with van der Waals surface area (Å²) in [5, 5.41) is 12.7. The Bertz CT molecular complexity index is 857. The SMILES string of the molecule is CC1CCC(NC(=O)CSc2nnc(CN3CCCCC3)n2-c2ccc(F)cc2)CC1. The molecule has 0 spiro atoms. The van der Waals surface area contributed by atoms with E-state index in [9.17, 15) is 9.18 Å². The zero-order chi connectivity index (χ0) is 21.6. The molecule has 0 atom stereocenters. The number of halogens is 1. The van der Waals surface area contributed by atoms with Crippen LogP contribution >= 0.6 is 11.8 Å². The first-order chi connectivity index (χ1) is 15.1. The van der Waals surface area contributed by atoms with Crippen molar-refractivity contribution in [3.8, 4) is 5.69 Å². The lowest BCUT2D eigenvalue weighted by molar-refractivity contribution is -0.119. The lowest BCUT2D eigenvalue weighted by Gasteiger charge is -2.27. The average molecular weight is 446 g/mol. The maximum Gasteiger partial charge on any atom is 0.230 e. The van der Waals surface area contributed by atoms with Crippen molar-refractivity contribution in [3.63, 3.8) is 0 Å². The normalized spacial score (nSPS) is 22.4. The van der Waals surface area contributed by atoms with Crippen LogP contribution in [0, 0.1) is 11.7 Å². The van der Waals surface area contributed by atoms with E-state index in [2.05, 4.69) is 27.3 Å². The summed E-state index contributed by atoms with van der Waals surface area (Å²) < 4.78 is 15.5. The number of amides is 1. The highest BCUT2D eigenvalue weighted by atomic mass is 32.2. The van der Waals surface area contributed by atoms with Crippen molar-refractivity contribution in [1.82, 2.24) is 25.0 Å². The van der Waals surface area contributed by atoms with Crippen LogP contribution in [0.3, 0.4) is 0 Å². The van der Waals surface area contributed by atoms with E-state index in [0.29, 0.717) is 17.5 Å². The van der Waals surface area contributed by atoms with Gasteiger partial charge in [0.2, 0.25) is 5.91 Å². The number of aromatic nitrogens is 3. The lowest BCUT2D eigenvalue weighted by atomic mass is 9.87. The minimum absolute atomic E-state index is 0.0378. The molecule has 1 saturated carbocycles. The fraction of sp³-hybridized carbons (Fsp3) is 0.609. The van der Waals surface area contributed by atoms with Gasteiger partial charge in [-0.25, -0.2) is 4.39 Å². The fourth-order valence-electron chi connectivity index (χ4n) is 4.47. The molecule has 0 unspecified atom stereocenters. The first-order valence-electron chi connectivity index (χ1n) is 11.4. The summed E-state index contributed by atoms with van der Waals surface area (Å²) in [6, 6.07) is 6.67. The molecule has 168 valence electrons. The number of hydrogen-bond donors (Lipinski definition) is 1. The first-order valence-corrected chi connectivity index (χ1v) is 12.4. The van der Waals surface area contributed by atoms with Gasteiger partial charge < -0.3 is 5.32 Å². The van der Waals surface area contributed by atoms with Crippen LogP contribution in [0.15, 0.2) is 29.4 Å². The Kier molecular flexibility index (Phi) is 7.61. The molecule has 6 nitrogen and oxygen atoms in total. The summed E-state index contributed by atoms with van der Waals surface area (Å²) in [5.74, 6) is 1.66. The summed E-state index contributed by atoms with van der Waals surface area (Å²) in [5.41, 5.74) is 0.822. The third-order valence-corrected chi connectivity index (χ3v) is 7.24. The molecule has 2 fully saturated rings. The van der Waals surface area contributed by atoms with E-state index in [1.54, 1.807) is 12.1 Å². The standard InChI is InChI=1S/C23H32FN5OS/c1-17-5-9-19(10-6-17)25-22(30)16-31-23-27-26-21(15-28-13-3-2-4-14-28)29(23)20-11-7-18(24)8-12-20/h7-8,11-12,17,19H,2-6,9-10,13-16H2,1H3,(H,25,30). The summed E-state index contributed by atoms with van der Waals surface area (Å²) in [6.07, 6.45) is 8.15. The molecule has 1 saturated heterocycles. The summed E-state index contributed by atoms with van der Waals surface area (Å²) in [6.45, 7) is 5.09. The van der Waals surface area contributed by atoms with Crippen LogP contribution in [-0.2, 0) is 11.3 Å². The van der Waals surface area contributed by atoms with Gasteiger partial charge in [0.25, 0.3) is 0 Å². The van der Waals surface area contributed by atoms with Gasteiger partial charge in [-0.2, -0.15) is 0 Å². The van der Waals surface area contributed by atoms with Crippen LogP contribution in [0.4, 0.5) is 4.39 Å². The number of rotatable bonds is 7. The Morgan fingerprint density at radius 2 is 1.81 bits per heavy atom. The third-order valence-electron chi connectivity index (χ3n) is 6.31. The topological polar surface area (TPSA) is 63.1 Å². The summed E-state index contributed by atoms with van der Waals surface area (Å²) >= 11 is 1.39. The van der Waals surface area contributed by atoms with Crippen molar-refractivity contribution in [2.75, 3.05) is 18.8 Å².